The molecule has 104 valence electrons. The number of hydrogen-bond acceptors (Lipinski definition) is 3. The Labute approximate surface area is 111 Å². The van der Waals surface area contributed by atoms with E-state index in [-0.39, 0.29) is 11.6 Å². The lowest BCUT2D eigenvalue weighted by Gasteiger charge is -2.35. The van der Waals surface area contributed by atoms with E-state index in [1.807, 2.05) is 4.90 Å². The average Bonchev–Trinajstić information content (AvgIpc) is 2.43. The monoisotopic (exact) mass is 268 g/mol. The van der Waals surface area contributed by atoms with Crippen molar-refractivity contribution in [1.82, 2.24) is 10.2 Å². The van der Waals surface area contributed by atoms with Crippen LogP contribution in [0.5, 0.6) is 5.75 Å². The molecule has 1 aromatic carbocycles. The quantitative estimate of drug-likeness (QED) is 0.822. The highest BCUT2D eigenvalue weighted by Crippen LogP contribution is 2.35. The van der Waals surface area contributed by atoms with Crippen molar-refractivity contribution in [2.24, 2.45) is 0 Å². The molecule has 0 bridgehead atoms. The van der Waals surface area contributed by atoms with Gasteiger partial charge in [0.25, 0.3) is 0 Å². The van der Waals surface area contributed by atoms with Crippen LogP contribution in [-0.2, 0) is 0 Å². The van der Waals surface area contributed by atoms with Crippen LogP contribution in [0, 0.1) is 11.6 Å². The van der Waals surface area contributed by atoms with Crippen molar-refractivity contribution in [2.75, 3.05) is 26.2 Å². The fraction of sp³-hybridized carbons (Fsp3) is 0.429. The highest BCUT2D eigenvalue weighted by Gasteiger charge is 2.27. The molecule has 1 aromatic rings. The Kier molecular flexibility index (Phi) is 4.50. The first-order valence-electron chi connectivity index (χ1n) is 6.37. The Hall–Kier alpha value is -1.46. The first-order chi connectivity index (χ1) is 9.15. The fourth-order valence-electron chi connectivity index (χ4n) is 2.47. The van der Waals surface area contributed by atoms with Gasteiger partial charge in [-0.2, -0.15) is 0 Å². The topological polar surface area (TPSA) is 35.5 Å². The van der Waals surface area contributed by atoms with Gasteiger partial charge in [-0.15, -0.1) is 6.58 Å². The van der Waals surface area contributed by atoms with Gasteiger partial charge in [-0.1, -0.05) is 6.08 Å². The second kappa shape index (κ2) is 6.12. The first kappa shape index (κ1) is 14.0. The smallest absolute Gasteiger partial charge is 0.165 e. The molecular formula is C14H18F2N2O. The van der Waals surface area contributed by atoms with Crippen molar-refractivity contribution in [1.29, 1.82) is 0 Å². The predicted octanol–water partition coefficient (Wildman–Crippen LogP) is 2.19. The lowest BCUT2D eigenvalue weighted by molar-refractivity contribution is 0.167. The van der Waals surface area contributed by atoms with Gasteiger partial charge in [0, 0.05) is 32.2 Å². The Morgan fingerprint density at radius 3 is 2.58 bits per heavy atom. The molecule has 1 aliphatic heterocycles. The number of halogens is 2. The van der Waals surface area contributed by atoms with Gasteiger partial charge in [0.05, 0.1) is 5.56 Å². The zero-order chi connectivity index (χ0) is 13.8. The second-order valence-electron chi connectivity index (χ2n) is 4.62. The lowest BCUT2D eigenvalue weighted by atomic mass is 9.99. The Morgan fingerprint density at radius 1 is 1.32 bits per heavy atom. The van der Waals surface area contributed by atoms with Gasteiger partial charge in [0.2, 0.25) is 0 Å². The maximum atomic E-state index is 14.0. The first-order valence-corrected chi connectivity index (χ1v) is 6.37. The van der Waals surface area contributed by atoms with E-state index in [4.69, 9.17) is 0 Å². The molecule has 2 rings (SSSR count). The van der Waals surface area contributed by atoms with Crippen molar-refractivity contribution in [3.63, 3.8) is 0 Å². The summed E-state index contributed by atoms with van der Waals surface area (Å²) in [6.07, 6.45) is 2.13. The van der Waals surface area contributed by atoms with Crippen LogP contribution in [-0.4, -0.2) is 36.2 Å². The van der Waals surface area contributed by atoms with Gasteiger partial charge in [-0.05, 0) is 18.6 Å². The lowest BCUT2D eigenvalue weighted by Crippen LogP contribution is -2.45. The minimum atomic E-state index is -0.791. The van der Waals surface area contributed by atoms with Crippen LogP contribution < -0.4 is 5.32 Å². The summed E-state index contributed by atoms with van der Waals surface area (Å²) in [5, 5.41) is 13.0. The van der Waals surface area contributed by atoms with Gasteiger partial charge in [-0.3, -0.25) is 4.90 Å². The Balaban J connectivity index is 2.37. The SMILES string of the molecule is C=CC[C@H](c1c(F)ccc(F)c1O)N1CCNCC1. The number of rotatable bonds is 4. The van der Waals surface area contributed by atoms with Crippen LogP contribution in [0.2, 0.25) is 0 Å². The summed E-state index contributed by atoms with van der Waals surface area (Å²) in [5.74, 6) is -1.96. The fourth-order valence-corrected chi connectivity index (χ4v) is 2.47. The zero-order valence-corrected chi connectivity index (χ0v) is 10.7. The maximum absolute atomic E-state index is 14.0. The molecule has 1 aliphatic rings. The zero-order valence-electron chi connectivity index (χ0n) is 10.7. The number of piperazine rings is 1. The summed E-state index contributed by atoms with van der Waals surface area (Å²) in [6, 6.07) is 1.62. The van der Waals surface area contributed by atoms with Crippen molar-refractivity contribution in [3.8, 4) is 5.75 Å². The summed E-state index contributed by atoms with van der Waals surface area (Å²) in [6.45, 7) is 6.72. The van der Waals surface area contributed by atoms with E-state index >= 15 is 0 Å². The highest BCUT2D eigenvalue weighted by atomic mass is 19.1. The molecule has 2 N–H and O–H groups in total. The Morgan fingerprint density at radius 2 is 1.95 bits per heavy atom. The maximum Gasteiger partial charge on any atom is 0.165 e. The molecule has 0 aromatic heterocycles. The van der Waals surface area contributed by atoms with E-state index in [0.29, 0.717) is 6.42 Å². The third kappa shape index (κ3) is 2.93. The third-order valence-corrected chi connectivity index (χ3v) is 3.43. The summed E-state index contributed by atoms with van der Waals surface area (Å²) in [4.78, 5) is 2.04. The number of nitrogens with one attached hydrogen (secondary N) is 1. The molecule has 0 radical (unpaired) electrons. The summed E-state index contributed by atoms with van der Waals surface area (Å²) < 4.78 is 27.4. The number of benzene rings is 1. The van der Waals surface area contributed by atoms with Crippen molar-refractivity contribution < 1.29 is 13.9 Å². The molecule has 0 amide bonds. The van der Waals surface area contributed by atoms with Crippen molar-refractivity contribution in [2.45, 2.75) is 12.5 Å². The molecule has 1 atom stereocenters. The molecule has 19 heavy (non-hydrogen) atoms. The van der Waals surface area contributed by atoms with E-state index in [2.05, 4.69) is 11.9 Å². The molecule has 1 saturated heterocycles. The van der Waals surface area contributed by atoms with Gasteiger partial charge < -0.3 is 10.4 Å². The highest BCUT2D eigenvalue weighted by molar-refractivity contribution is 5.38. The van der Waals surface area contributed by atoms with Crippen molar-refractivity contribution >= 4 is 0 Å². The largest absolute Gasteiger partial charge is 0.505 e. The predicted molar refractivity (Wildman–Crippen MR) is 70.0 cm³/mol. The number of hydrogen-bond donors (Lipinski definition) is 2. The minimum absolute atomic E-state index is 0.0294. The van der Waals surface area contributed by atoms with E-state index < -0.39 is 17.4 Å². The molecule has 3 nitrogen and oxygen atoms in total. The summed E-state index contributed by atoms with van der Waals surface area (Å²) in [5.41, 5.74) is 0.0294. The molecule has 0 spiro atoms. The minimum Gasteiger partial charge on any atom is -0.505 e. The van der Waals surface area contributed by atoms with E-state index in [9.17, 15) is 13.9 Å². The van der Waals surface area contributed by atoms with Crippen LogP contribution in [0.25, 0.3) is 0 Å². The molecule has 5 heteroatoms. The van der Waals surface area contributed by atoms with Gasteiger partial charge in [0.1, 0.15) is 5.82 Å². The normalized spacial score (nSPS) is 18.2. The second-order valence-corrected chi connectivity index (χ2v) is 4.62. The summed E-state index contributed by atoms with van der Waals surface area (Å²) >= 11 is 0. The molecule has 1 fully saturated rings. The molecule has 1 heterocycles. The van der Waals surface area contributed by atoms with Crippen LogP contribution in [0.15, 0.2) is 24.8 Å². The third-order valence-electron chi connectivity index (χ3n) is 3.43. The summed E-state index contributed by atoms with van der Waals surface area (Å²) in [7, 11) is 0. The molecule has 0 saturated carbocycles. The molecular weight excluding hydrogens is 250 g/mol. The average molecular weight is 268 g/mol. The standard InChI is InChI=1S/C14H18F2N2O/c1-2-3-12(18-8-6-17-7-9-18)13-10(15)4-5-11(16)14(13)19/h2,4-5,12,17,19H,1,3,6-9H2/t12-/m1/s1. The van der Waals surface area contributed by atoms with E-state index in [0.717, 1.165) is 38.3 Å². The Bertz CT molecular complexity index is 459. The van der Waals surface area contributed by atoms with Crippen LogP contribution in [0.1, 0.15) is 18.0 Å². The van der Waals surface area contributed by atoms with Crippen LogP contribution in [0.4, 0.5) is 8.78 Å². The van der Waals surface area contributed by atoms with Crippen molar-refractivity contribution in [3.05, 3.63) is 42.0 Å². The van der Waals surface area contributed by atoms with Crippen LogP contribution >= 0.6 is 0 Å². The number of phenols is 1. The van der Waals surface area contributed by atoms with Crippen LogP contribution in [0.3, 0.4) is 0 Å². The van der Waals surface area contributed by atoms with E-state index in [1.165, 1.54) is 0 Å². The number of phenolic OH excluding ortho intramolecular Hbond substituents is 1. The van der Waals surface area contributed by atoms with Gasteiger partial charge >= 0.3 is 0 Å². The van der Waals surface area contributed by atoms with Gasteiger partial charge in [-0.25, -0.2) is 8.78 Å². The van der Waals surface area contributed by atoms with E-state index in [1.54, 1.807) is 6.08 Å². The molecule has 0 aliphatic carbocycles. The van der Waals surface area contributed by atoms with Gasteiger partial charge in [0.15, 0.2) is 11.6 Å². The molecule has 0 unspecified atom stereocenters. The number of nitrogens with zero attached hydrogens (tertiary/aromatic N) is 1. The number of aromatic hydroxyl groups is 1.